The number of fused-ring (bicyclic) bond motifs is 1. The standard InChI is InChI=1S/C10H10FNO2S/c1-5-10(13)12-7-3-6(11)8(14-2)4-9(7)15-5/h3-5H,1-2H3,(H,12,13). The largest absolute Gasteiger partial charge is 0.494 e. The summed E-state index contributed by atoms with van der Waals surface area (Å²) < 4.78 is 18.2. The van der Waals surface area contributed by atoms with Gasteiger partial charge in [-0.3, -0.25) is 4.79 Å². The molecule has 0 saturated carbocycles. The highest BCUT2D eigenvalue weighted by atomic mass is 32.2. The van der Waals surface area contributed by atoms with Gasteiger partial charge in [-0.25, -0.2) is 4.39 Å². The first-order chi connectivity index (χ1) is 7.11. The highest BCUT2D eigenvalue weighted by Crippen LogP contribution is 2.38. The number of hydrogen-bond acceptors (Lipinski definition) is 3. The van der Waals surface area contributed by atoms with E-state index in [9.17, 15) is 9.18 Å². The Morgan fingerprint density at radius 3 is 2.93 bits per heavy atom. The minimum atomic E-state index is -0.466. The molecule has 1 aromatic rings. The van der Waals surface area contributed by atoms with Gasteiger partial charge in [-0.15, -0.1) is 11.8 Å². The molecule has 5 heteroatoms. The van der Waals surface area contributed by atoms with Crippen LogP contribution in [0.25, 0.3) is 0 Å². The molecule has 0 bridgehead atoms. The molecule has 1 heterocycles. The van der Waals surface area contributed by atoms with Gasteiger partial charge in [-0.1, -0.05) is 0 Å². The van der Waals surface area contributed by atoms with E-state index < -0.39 is 5.82 Å². The highest BCUT2D eigenvalue weighted by molar-refractivity contribution is 8.00. The maximum atomic E-state index is 13.3. The van der Waals surface area contributed by atoms with E-state index in [2.05, 4.69) is 5.32 Å². The lowest BCUT2D eigenvalue weighted by atomic mass is 10.2. The third kappa shape index (κ3) is 1.79. The van der Waals surface area contributed by atoms with Crippen molar-refractivity contribution >= 4 is 23.4 Å². The van der Waals surface area contributed by atoms with E-state index in [1.807, 2.05) is 0 Å². The third-order valence-electron chi connectivity index (χ3n) is 2.18. The number of carbonyl (C=O) groups excluding carboxylic acids is 1. The second-order valence-electron chi connectivity index (χ2n) is 3.23. The number of benzene rings is 1. The van der Waals surface area contributed by atoms with Gasteiger partial charge in [0.25, 0.3) is 0 Å². The van der Waals surface area contributed by atoms with Crippen LogP contribution in [-0.2, 0) is 4.79 Å². The van der Waals surface area contributed by atoms with E-state index in [1.165, 1.54) is 24.9 Å². The van der Waals surface area contributed by atoms with Gasteiger partial charge in [0, 0.05) is 11.0 Å². The number of anilines is 1. The van der Waals surface area contributed by atoms with Crippen molar-refractivity contribution in [2.24, 2.45) is 0 Å². The van der Waals surface area contributed by atoms with E-state index in [0.29, 0.717) is 5.69 Å². The number of methoxy groups -OCH3 is 1. The Balaban J connectivity index is 2.45. The Morgan fingerprint density at radius 2 is 2.27 bits per heavy atom. The number of rotatable bonds is 1. The number of amides is 1. The lowest BCUT2D eigenvalue weighted by Crippen LogP contribution is -2.26. The summed E-state index contributed by atoms with van der Waals surface area (Å²) in [7, 11) is 1.42. The van der Waals surface area contributed by atoms with Crippen LogP contribution in [-0.4, -0.2) is 18.3 Å². The molecular weight excluding hydrogens is 217 g/mol. The van der Waals surface area contributed by atoms with Crippen LogP contribution in [0.4, 0.5) is 10.1 Å². The first-order valence-electron chi connectivity index (χ1n) is 4.47. The summed E-state index contributed by atoms with van der Waals surface area (Å²) in [5.41, 5.74) is 0.515. The van der Waals surface area contributed by atoms with Crippen LogP contribution in [0.1, 0.15) is 6.92 Å². The van der Waals surface area contributed by atoms with Crippen LogP contribution in [0.2, 0.25) is 0 Å². The Kier molecular flexibility index (Phi) is 2.56. The lowest BCUT2D eigenvalue weighted by Gasteiger charge is -2.21. The molecule has 1 aliphatic rings. The molecule has 1 amide bonds. The second kappa shape index (κ2) is 3.73. The fraction of sp³-hybridized carbons (Fsp3) is 0.300. The first-order valence-corrected chi connectivity index (χ1v) is 5.35. The first kappa shape index (κ1) is 10.3. The molecule has 0 fully saturated rings. The quantitative estimate of drug-likeness (QED) is 0.799. The summed E-state index contributed by atoms with van der Waals surface area (Å²) in [6.07, 6.45) is 0. The Morgan fingerprint density at radius 1 is 1.53 bits per heavy atom. The summed E-state index contributed by atoms with van der Waals surface area (Å²) in [5.74, 6) is -0.367. The summed E-state index contributed by atoms with van der Waals surface area (Å²) in [6, 6.07) is 2.89. The van der Waals surface area contributed by atoms with E-state index in [1.54, 1.807) is 13.0 Å². The SMILES string of the molecule is COc1cc2c(cc1F)NC(=O)C(C)S2. The highest BCUT2D eigenvalue weighted by Gasteiger charge is 2.24. The lowest BCUT2D eigenvalue weighted by molar-refractivity contribution is -0.115. The van der Waals surface area contributed by atoms with Gasteiger partial charge in [0.15, 0.2) is 11.6 Å². The van der Waals surface area contributed by atoms with E-state index >= 15 is 0 Å². The molecule has 1 aromatic carbocycles. The van der Waals surface area contributed by atoms with Crippen LogP contribution in [0.15, 0.2) is 17.0 Å². The van der Waals surface area contributed by atoms with E-state index in [0.717, 1.165) is 4.90 Å². The molecule has 1 aliphatic heterocycles. The van der Waals surface area contributed by atoms with E-state index in [-0.39, 0.29) is 16.9 Å². The van der Waals surface area contributed by atoms with Crippen LogP contribution >= 0.6 is 11.8 Å². The van der Waals surface area contributed by atoms with Crippen LogP contribution in [0.3, 0.4) is 0 Å². The van der Waals surface area contributed by atoms with Crippen molar-refractivity contribution in [2.45, 2.75) is 17.1 Å². The number of thioether (sulfide) groups is 1. The van der Waals surface area contributed by atoms with Gasteiger partial charge >= 0.3 is 0 Å². The normalized spacial score (nSPS) is 19.4. The van der Waals surface area contributed by atoms with Crippen LogP contribution < -0.4 is 10.1 Å². The molecule has 1 N–H and O–H groups in total. The molecule has 2 rings (SSSR count). The molecule has 0 aromatic heterocycles. The second-order valence-corrected chi connectivity index (χ2v) is 4.61. The molecule has 1 unspecified atom stereocenters. The topological polar surface area (TPSA) is 38.3 Å². The number of carbonyl (C=O) groups is 1. The fourth-order valence-corrected chi connectivity index (χ4v) is 2.32. The van der Waals surface area contributed by atoms with Gasteiger partial charge in [-0.2, -0.15) is 0 Å². The minimum absolute atomic E-state index is 0.0999. The van der Waals surface area contributed by atoms with Gasteiger partial charge in [0.2, 0.25) is 5.91 Å². The number of ether oxygens (including phenoxy) is 1. The maximum Gasteiger partial charge on any atom is 0.237 e. The van der Waals surface area contributed by atoms with Crippen LogP contribution in [0, 0.1) is 5.82 Å². The predicted octanol–water partition coefficient (Wildman–Crippen LogP) is 2.27. The molecule has 80 valence electrons. The smallest absolute Gasteiger partial charge is 0.237 e. The maximum absolute atomic E-state index is 13.3. The average Bonchev–Trinajstić information content (AvgIpc) is 2.20. The Labute approximate surface area is 91.0 Å². The van der Waals surface area contributed by atoms with Gasteiger partial charge in [-0.05, 0) is 13.0 Å². The summed E-state index contributed by atoms with van der Waals surface area (Å²) in [5, 5.41) is 2.49. The minimum Gasteiger partial charge on any atom is -0.494 e. The van der Waals surface area contributed by atoms with Crippen molar-refractivity contribution in [3.63, 3.8) is 0 Å². The summed E-state index contributed by atoms with van der Waals surface area (Å²) in [4.78, 5) is 12.2. The third-order valence-corrected chi connectivity index (χ3v) is 3.34. The number of hydrogen-bond donors (Lipinski definition) is 1. The van der Waals surface area contributed by atoms with Gasteiger partial charge in [0.1, 0.15) is 0 Å². The van der Waals surface area contributed by atoms with Crippen molar-refractivity contribution in [3.8, 4) is 5.75 Å². The predicted molar refractivity (Wildman–Crippen MR) is 56.9 cm³/mol. The van der Waals surface area contributed by atoms with Gasteiger partial charge in [0.05, 0.1) is 18.0 Å². The molecule has 1 atom stereocenters. The summed E-state index contributed by atoms with van der Waals surface area (Å²) >= 11 is 1.40. The average molecular weight is 227 g/mol. The fourth-order valence-electron chi connectivity index (χ4n) is 1.36. The van der Waals surface area contributed by atoms with E-state index in [4.69, 9.17) is 4.74 Å². The molecule has 15 heavy (non-hydrogen) atoms. The zero-order chi connectivity index (χ0) is 11.0. The molecule has 0 aliphatic carbocycles. The van der Waals surface area contributed by atoms with Gasteiger partial charge < -0.3 is 10.1 Å². The molecule has 0 spiro atoms. The molecule has 3 nitrogen and oxygen atoms in total. The Bertz CT molecular complexity index is 422. The van der Waals surface area contributed by atoms with Crippen molar-refractivity contribution in [2.75, 3.05) is 12.4 Å². The molecule has 0 radical (unpaired) electrons. The molecular formula is C10H10FNO2S. The number of halogens is 1. The van der Waals surface area contributed by atoms with Crippen molar-refractivity contribution in [1.29, 1.82) is 0 Å². The van der Waals surface area contributed by atoms with Crippen molar-refractivity contribution in [3.05, 3.63) is 17.9 Å². The van der Waals surface area contributed by atoms with Crippen molar-refractivity contribution < 1.29 is 13.9 Å². The zero-order valence-corrected chi connectivity index (χ0v) is 9.15. The summed E-state index contributed by atoms with van der Waals surface area (Å²) in [6.45, 7) is 1.80. The van der Waals surface area contributed by atoms with Crippen molar-refractivity contribution in [1.82, 2.24) is 0 Å². The van der Waals surface area contributed by atoms with Crippen LogP contribution in [0.5, 0.6) is 5.75 Å². The number of nitrogens with one attached hydrogen (secondary N) is 1. The monoisotopic (exact) mass is 227 g/mol. The Hall–Kier alpha value is -1.23. The zero-order valence-electron chi connectivity index (χ0n) is 8.33. The molecule has 0 saturated heterocycles.